The molecule has 0 heterocycles. The first-order valence-electron chi connectivity index (χ1n) is 15.0. The van der Waals surface area contributed by atoms with Gasteiger partial charge in [-0.25, -0.2) is 0 Å². The van der Waals surface area contributed by atoms with E-state index in [1.165, 1.54) is 161 Å². The van der Waals surface area contributed by atoms with Gasteiger partial charge in [-0.1, -0.05) is 181 Å². The van der Waals surface area contributed by atoms with Crippen LogP contribution in [0.15, 0.2) is 0 Å². The highest BCUT2D eigenvalue weighted by Crippen LogP contribution is 2.16. The number of rotatable bonds is 28. The van der Waals surface area contributed by atoms with Gasteiger partial charge in [0.2, 0.25) is 0 Å². The minimum absolute atomic E-state index is 0. The van der Waals surface area contributed by atoms with Crippen molar-refractivity contribution < 1.29 is 9.90 Å². The summed E-state index contributed by atoms with van der Waals surface area (Å²) in [5.74, 6) is -0.649. The second-order valence-electron chi connectivity index (χ2n) is 10.3. The number of carboxylic acids is 1. The van der Waals surface area contributed by atoms with Crippen molar-refractivity contribution in [1.82, 2.24) is 0 Å². The zero-order chi connectivity index (χ0) is 23.4. The Bertz CT molecular complexity index is 353. The van der Waals surface area contributed by atoms with Crippen molar-refractivity contribution in [2.24, 2.45) is 0 Å². The first-order chi connectivity index (χ1) is 15.8. The van der Waals surface area contributed by atoms with Gasteiger partial charge in [-0.3, -0.25) is 4.79 Å². The quantitative estimate of drug-likeness (QED) is 0.116. The molecule has 0 rings (SSSR count). The van der Waals surface area contributed by atoms with Gasteiger partial charge in [0.05, 0.1) is 0 Å². The molecule has 0 aliphatic carbocycles. The highest BCUT2D eigenvalue weighted by Gasteiger charge is 1.98. The van der Waals surface area contributed by atoms with Crippen LogP contribution in [0.1, 0.15) is 194 Å². The van der Waals surface area contributed by atoms with Crippen molar-refractivity contribution >= 4 is 5.97 Å². The normalized spacial score (nSPS) is 10.9. The van der Waals surface area contributed by atoms with Crippen LogP contribution < -0.4 is 0 Å². The molecule has 0 unspecified atom stereocenters. The highest BCUT2D eigenvalue weighted by molar-refractivity contribution is 5.66. The number of carboxylic acid groups (broad SMARTS) is 1. The van der Waals surface area contributed by atoms with Crippen LogP contribution in [0.4, 0.5) is 0 Å². The minimum atomic E-state index is -0.649. The first-order valence-corrected chi connectivity index (χ1v) is 15.0. The third-order valence-electron chi connectivity index (χ3n) is 6.99. The second-order valence-corrected chi connectivity index (χ2v) is 10.3. The van der Waals surface area contributed by atoms with Crippen LogP contribution in [-0.2, 0) is 4.79 Å². The smallest absolute Gasteiger partial charge is 0.303 e. The maximum absolute atomic E-state index is 10.4. The highest BCUT2D eigenvalue weighted by atomic mass is 16.4. The van der Waals surface area contributed by atoms with Crippen LogP contribution in [0.2, 0.25) is 0 Å². The molecule has 1 N–H and O–H groups in total. The summed E-state index contributed by atoms with van der Waals surface area (Å²) in [7, 11) is 0. The lowest BCUT2D eigenvalue weighted by molar-refractivity contribution is -0.137. The number of aliphatic carboxylic acids is 1. The molecule has 0 aromatic rings. The van der Waals surface area contributed by atoms with Crippen LogP contribution in [0.5, 0.6) is 0 Å². The van der Waals surface area contributed by atoms with Crippen LogP contribution in [0.3, 0.4) is 0 Å². The fraction of sp³-hybridized carbons (Fsp3) is 0.968. The van der Waals surface area contributed by atoms with E-state index >= 15 is 0 Å². The number of unbranched alkanes of at least 4 members (excludes halogenated alkanes) is 26. The summed E-state index contributed by atoms with van der Waals surface area (Å²) >= 11 is 0. The third kappa shape index (κ3) is 33.7. The number of carbonyl (C=O) groups is 1. The topological polar surface area (TPSA) is 37.3 Å². The van der Waals surface area contributed by atoms with Gasteiger partial charge in [0.1, 0.15) is 0 Å². The average Bonchev–Trinajstić information content (AvgIpc) is 2.78. The Morgan fingerprint density at radius 1 is 0.394 bits per heavy atom. The molecule has 0 aliphatic rings. The van der Waals surface area contributed by atoms with Crippen molar-refractivity contribution in [2.45, 2.75) is 194 Å². The maximum atomic E-state index is 10.4. The Kier molecular flexibility index (Phi) is 33.0. The van der Waals surface area contributed by atoms with Crippen molar-refractivity contribution in [3.05, 3.63) is 0 Å². The Morgan fingerprint density at radius 2 is 0.576 bits per heavy atom. The molecule has 2 heteroatoms. The molecule has 0 amide bonds. The zero-order valence-corrected chi connectivity index (χ0v) is 22.2. The fourth-order valence-electron chi connectivity index (χ4n) is 4.77. The van der Waals surface area contributed by atoms with E-state index in [1.807, 2.05) is 0 Å². The van der Waals surface area contributed by atoms with Crippen molar-refractivity contribution in [1.29, 1.82) is 0 Å². The number of hydrogen-bond donors (Lipinski definition) is 1. The van der Waals surface area contributed by atoms with Crippen LogP contribution in [-0.4, -0.2) is 11.1 Å². The summed E-state index contributed by atoms with van der Waals surface area (Å²) in [6.45, 7) is 2.30. The molecule has 0 saturated carbocycles. The summed E-state index contributed by atoms with van der Waals surface area (Å²) in [4.78, 5) is 10.4. The fourth-order valence-corrected chi connectivity index (χ4v) is 4.77. The molecule has 2 nitrogen and oxygen atoms in total. The van der Waals surface area contributed by atoms with E-state index in [1.54, 1.807) is 0 Å². The van der Waals surface area contributed by atoms with Crippen LogP contribution >= 0.6 is 0 Å². The summed E-state index contributed by atoms with van der Waals surface area (Å²) in [6, 6.07) is 0. The van der Waals surface area contributed by atoms with Crippen molar-refractivity contribution in [2.75, 3.05) is 0 Å². The van der Waals surface area contributed by atoms with E-state index in [-0.39, 0.29) is 7.43 Å². The van der Waals surface area contributed by atoms with Gasteiger partial charge in [-0.15, -0.1) is 0 Å². The lowest BCUT2D eigenvalue weighted by Gasteiger charge is -2.04. The molecule has 0 atom stereocenters. The molecule has 0 aliphatic heterocycles. The maximum Gasteiger partial charge on any atom is 0.303 e. The molecule has 33 heavy (non-hydrogen) atoms. The molecule has 0 radical (unpaired) electrons. The molecular weight excluding hydrogens is 404 g/mol. The minimum Gasteiger partial charge on any atom is -0.481 e. The van der Waals surface area contributed by atoms with Gasteiger partial charge < -0.3 is 5.11 Å². The average molecular weight is 469 g/mol. The lowest BCUT2D eigenvalue weighted by atomic mass is 10.0. The summed E-state index contributed by atoms with van der Waals surface area (Å²) in [5, 5.41) is 8.61. The predicted octanol–water partition coefficient (Wildman–Crippen LogP) is 11.6. The van der Waals surface area contributed by atoms with Gasteiger partial charge in [0.25, 0.3) is 0 Å². The van der Waals surface area contributed by atoms with Gasteiger partial charge in [-0.05, 0) is 6.42 Å². The van der Waals surface area contributed by atoms with Gasteiger partial charge in [-0.2, -0.15) is 0 Å². The van der Waals surface area contributed by atoms with Gasteiger partial charge in [0, 0.05) is 6.42 Å². The molecule has 0 spiro atoms. The van der Waals surface area contributed by atoms with E-state index in [4.69, 9.17) is 5.11 Å². The summed E-state index contributed by atoms with van der Waals surface area (Å²) in [6.07, 6.45) is 38.0. The standard InChI is InChI=1S/C30H60O2.CH4/c1-2-3-4-5-6-7-8-9-10-11-12-13-14-15-16-17-18-19-20-21-22-23-24-25-26-27-28-29-30(31)32;/h2-29H2,1H3,(H,31,32);1H4. The Labute approximate surface area is 210 Å². The number of hydrogen-bond acceptors (Lipinski definition) is 1. The first kappa shape index (κ1) is 34.6. The monoisotopic (exact) mass is 468 g/mol. The molecule has 0 aromatic carbocycles. The Hall–Kier alpha value is -0.530. The molecular formula is C31H64O2. The molecule has 0 fully saturated rings. The molecule has 200 valence electrons. The lowest BCUT2D eigenvalue weighted by Crippen LogP contribution is -1.93. The predicted molar refractivity (Wildman–Crippen MR) is 149 cm³/mol. The molecule has 0 bridgehead atoms. The third-order valence-corrected chi connectivity index (χ3v) is 6.99. The molecule has 0 aromatic heterocycles. The van der Waals surface area contributed by atoms with E-state index in [2.05, 4.69) is 6.92 Å². The second kappa shape index (κ2) is 31.5. The summed E-state index contributed by atoms with van der Waals surface area (Å²) < 4.78 is 0. The van der Waals surface area contributed by atoms with E-state index < -0.39 is 5.97 Å². The Balaban J connectivity index is 0. The van der Waals surface area contributed by atoms with E-state index in [0.29, 0.717) is 6.42 Å². The van der Waals surface area contributed by atoms with Crippen molar-refractivity contribution in [3.63, 3.8) is 0 Å². The van der Waals surface area contributed by atoms with E-state index in [0.717, 1.165) is 12.8 Å². The van der Waals surface area contributed by atoms with E-state index in [9.17, 15) is 4.79 Å². The largest absolute Gasteiger partial charge is 0.481 e. The Morgan fingerprint density at radius 3 is 0.758 bits per heavy atom. The summed E-state index contributed by atoms with van der Waals surface area (Å²) in [5.41, 5.74) is 0. The SMILES string of the molecule is C.CCCCCCCCCCCCCCCCCCCCCCCCCCCCCC(=O)O. The van der Waals surface area contributed by atoms with Gasteiger partial charge in [0.15, 0.2) is 0 Å². The molecule has 0 saturated heterocycles. The van der Waals surface area contributed by atoms with Crippen LogP contribution in [0, 0.1) is 0 Å². The van der Waals surface area contributed by atoms with Crippen LogP contribution in [0.25, 0.3) is 0 Å². The van der Waals surface area contributed by atoms with Crippen molar-refractivity contribution in [3.8, 4) is 0 Å². The van der Waals surface area contributed by atoms with Gasteiger partial charge >= 0.3 is 5.97 Å². The zero-order valence-electron chi connectivity index (χ0n) is 22.2.